The molecule has 6 heteroatoms. The molecule has 1 atom stereocenters. The topological polar surface area (TPSA) is 49.8 Å². The number of carboxylic acids is 1. The van der Waals surface area contributed by atoms with Crippen LogP contribution in [0.1, 0.15) is 18.0 Å². The van der Waals surface area contributed by atoms with Crippen LogP contribution in [0.4, 0.5) is 4.39 Å². The lowest BCUT2D eigenvalue weighted by Crippen LogP contribution is -2.40. The van der Waals surface area contributed by atoms with Crippen molar-refractivity contribution < 1.29 is 19.0 Å². The highest BCUT2D eigenvalue weighted by Crippen LogP contribution is 2.29. The van der Waals surface area contributed by atoms with E-state index in [0.717, 1.165) is 4.47 Å². The zero-order valence-electron chi connectivity index (χ0n) is 10.3. The standard InChI is InChI=1S/C13H15BrFNO3/c14-9-1-2-11(15)10(7-9)12(8-13(17)18)16-3-5-19-6-4-16/h1-2,7,12H,3-6,8H2,(H,17,18). The maximum atomic E-state index is 14.0. The van der Waals surface area contributed by atoms with Crippen molar-refractivity contribution in [2.45, 2.75) is 12.5 Å². The van der Waals surface area contributed by atoms with E-state index in [-0.39, 0.29) is 12.2 Å². The van der Waals surface area contributed by atoms with E-state index in [2.05, 4.69) is 15.9 Å². The number of carbonyl (C=O) groups is 1. The lowest BCUT2D eigenvalue weighted by Gasteiger charge is -2.34. The summed E-state index contributed by atoms with van der Waals surface area (Å²) in [5, 5.41) is 9.04. The molecule has 0 bridgehead atoms. The summed E-state index contributed by atoms with van der Waals surface area (Å²) in [6.07, 6.45) is -0.118. The molecule has 1 N–H and O–H groups in total. The molecule has 1 unspecified atom stereocenters. The molecule has 0 saturated carbocycles. The van der Waals surface area contributed by atoms with Gasteiger partial charge in [-0.1, -0.05) is 15.9 Å². The van der Waals surface area contributed by atoms with Crippen molar-refractivity contribution >= 4 is 21.9 Å². The summed E-state index contributed by atoms with van der Waals surface area (Å²) in [7, 11) is 0. The first-order valence-electron chi connectivity index (χ1n) is 6.06. The number of benzene rings is 1. The minimum absolute atomic E-state index is 0.118. The Morgan fingerprint density at radius 3 is 2.79 bits per heavy atom. The number of rotatable bonds is 4. The molecular formula is C13H15BrFNO3. The number of morpholine rings is 1. The Labute approximate surface area is 119 Å². The maximum Gasteiger partial charge on any atom is 0.305 e. The predicted octanol–water partition coefficient (Wildman–Crippen LogP) is 2.44. The monoisotopic (exact) mass is 331 g/mol. The summed E-state index contributed by atoms with van der Waals surface area (Å²) < 4.78 is 19.9. The summed E-state index contributed by atoms with van der Waals surface area (Å²) in [4.78, 5) is 13.0. The molecule has 1 aliphatic heterocycles. The van der Waals surface area contributed by atoms with Gasteiger partial charge in [0, 0.05) is 29.2 Å². The highest BCUT2D eigenvalue weighted by molar-refractivity contribution is 9.10. The Morgan fingerprint density at radius 1 is 1.47 bits per heavy atom. The molecule has 4 nitrogen and oxygen atoms in total. The fourth-order valence-electron chi connectivity index (χ4n) is 2.26. The number of ether oxygens (including phenoxy) is 1. The molecule has 104 valence electrons. The van der Waals surface area contributed by atoms with Gasteiger partial charge in [0.2, 0.25) is 0 Å². The molecule has 0 aromatic heterocycles. The van der Waals surface area contributed by atoms with Crippen molar-refractivity contribution in [2.24, 2.45) is 0 Å². The van der Waals surface area contributed by atoms with Gasteiger partial charge in [0.25, 0.3) is 0 Å². The van der Waals surface area contributed by atoms with Crippen LogP contribution in [0, 0.1) is 5.82 Å². The Balaban J connectivity index is 2.29. The largest absolute Gasteiger partial charge is 0.481 e. The van der Waals surface area contributed by atoms with E-state index < -0.39 is 12.0 Å². The van der Waals surface area contributed by atoms with Crippen LogP contribution in [0.25, 0.3) is 0 Å². The number of nitrogens with zero attached hydrogens (tertiary/aromatic N) is 1. The summed E-state index contributed by atoms with van der Waals surface area (Å²) in [6, 6.07) is 4.15. The van der Waals surface area contributed by atoms with Gasteiger partial charge < -0.3 is 9.84 Å². The molecule has 0 spiro atoms. The lowest BCUT2D eigenvalue weighted by atomic mass is 10.0. The van der Waals surface area contributed by atoms with Gasteiger partial charge in [0.05, 0.1) is 19.6 Å². The first kappa shape index (κ1) is 14.4. The summed E-state index contributed by atoms with van der Waals surface area (Å²) in [5.41, 5.74) is 0.415. The molecule has 19 heavy (non-hydrogen) atoms. The lowest BCUT2D eigenvalue weighted by molar-refractivity contribution is -0.139. The number of halogens is 2. The average Bonchev–Trinajstić information content (AvgIpc) is 2.40. The molecular weight excluding hydrogens is 317 g/mol. The van der Waals surface area contributed by atoms with Gasteiger partial charge in [-0.25, -0.2) is 4.39 Å². The number of aliphatic carboxylic acids is 1. The van der Waals surface area contributed by atoms with E-state index in [4.69, 9.17) is 9.84 Å². The first-order chi connectivity index (χ1) is 9.08. The summed E-state index contributed by atoms with van der Waals surface area (Å²) in [6.45, 7) is 2.32. The fourth-order valence-corrected chi connectivity index (χ4v) is 2.64. The van der Waals surface area contributed by atoms with E-state index in [9.17, 15) is 9.18 Å². The Morgan fingerprint density at radius 2 is 2.16 bits per heavy atom. The fraction of sp³-hybridized carbons (Fsp3) is 0.462. The van der Waals surface area contributed by atoms with E-state index in [0.29, 0.717) is 31.9 Å². The van der Waals surface area contributed by atoms with Crippen LogP contribution in [0.2, 0.25) is 0 Å². The zero-order chi connectivity index (χ0) is 13.8. The maximum absolute atomic E-state index is 14.0. The van der Waals surface area contributed by atoms with Gasteiger partial charge in [-0.05, 0) is 18.2 Å². The summed E-state index contributed by atoms with van der Waals surface area (Å²) >= 11 is 3.30. The molecule has 1 heterocycles. The quantitative estimate of drug-likeness (QED) is 0.920. The van der Waals surface area contributed by atoms with Gasteiger partial charge in [-0.15, -0.1) is 0 Å². The second kappa shape index (κ2) is 6.45. The third-order valence-electron chi connectivity index (χ3n) is 3.17. The van der Waals surface area contributed by atoms with Gasteiger partial charge in [0.15, 0.2) is 0 Å². The Bertz CT molecular complexity index is 463. The molecule has 1 saturated heterocycles. The van der Waals surface area contributed by atoms with Gasteiger partial charge in [-0.2, -0.15) is 0 Å². The molecule has 1 aromatic carbocycles. The second-order valence-corrected chi connectivity index (χ2v) is 5.34. The molecule has 1 fully saturated rings. The summed E-state index contributed by atoms with van der Waals surface area (Å²) in [5.74, 6) is -1.31. The van der Waals surface area contributed by atoms with Crippen molar-refractivity contribution in [2.75, 3.05) is 26.3 Å². The highest BCUT2D eigenvalue weighted by atomic mass is 79.9. The smallest absolute Gasteiger partial charge is 0.305 e. The second-order valence-electron chi connectivity index (χ2n) is 4.43. The van der Waals surface area contributed by atoms with Crippen LogP contribution >= 0.6 is 15.9 Å². The SMILES string of the molecule is O=C(O)CC(c1cc(Br)ccc1F)N1CCOCC1. The first-order valence-corrected chi connectivity index (χ1v) is 6.86. The predicted molar refractivity (Wildman–Crippen MR) is 71.5 cm³/mol. The third kappa shape index (κ3) is 3.75. The van der Waals surface area contributed by atoms with E-state index in [1.807, 2.05) is 4.90 Å². The van der Waals surface area contributed by atoms with E-state index in [1.165, 1.54) is 6.07 Å². The van der Waals surface area contributed by atoms with Crippen molar-refractivity contribution in [3.8, 4) is 0 Å². The molecule has 2 rings (SSSR count). The molecule has 1 aliphatic rings. The molecule has 0 radical (unpaired) electrons. The Kier molecular flexibility index (Phi) is 4.90. The minimum Gasteiger partial charge on any atom is -0.481 e. The van der Waals surface area contributed by atoms with E-state index in [1.54, 1.807) is 12.1 Å². The van der Waals surface area contributed by atoms with Crippen LogP contribution in [-0.4, -0.2) is 42.3 Å². The molecule has 0 aliphatic carbocycles. The van der Waals surface area contributed by atoms with Crippen molar-refractivity contribution in [1.29, 1.82) is 0 Å². The van der Waals surface area contributed by atoms with Crippen LogP contribution in [0.5, 0.6) is 0 Å². The number of hydrogen-bond acceptors (Lipinski definition) is 3. The van der Waals surface area contributed by atoms with Crippen LogP contribution in [0.15, 0.2) is 22.7 Å². The van der Waals surface area contributed by atoms with Crippen molar-refractivity contribution in [1.82, 2.24) is 4.90 Å². The van der Waals surface area contributed by atoms with Gasteiger partial charge >= 0.3 is 5.97 Å². The minimum atomic E-state index is -0.934. The van der Waals surface area contributed by atoms with Crippen LogP contribution in [0.3, 0.4) is 0 Å². The molecule has 1 aromatic rings. The van der Waals surface area contributed by atoms with Crippen LogP contribution < -0.4 is 0 Å². The number of hydrogen-bond donors (Lipinski definition) is 1. The Hall–Kier alpha value is -0.980. The zero-order valence-corrected chi connectivity index (χ0v) is 11.9. The average molecular weight is 332 g/mol. The number of carboxylic acid groups (broad SMARTS) is 1. The molecule has 0 amide bonds. The highest BCUT2D eigenvalue weighted by Gasteiger charge is 2.27. The van der Waals surface area contributed by atoms with E-state index >= 15 is 0 Å². The third-order valence-corrected chi connectivity index (χ3v) is 3.66. The van der Waals surface area contributed by atoms with Gasteiger partial charge in [-0.3, -0.25) is 9.69 Å². The normalized spacial score (nSPS) is 18.2. The van der Waals surface area contributed by atoms with Crippen LogP contribution in [-0.2, 0) is 9.53 Å². The van der Waals surface area contributed by atoms with Gasteiger partial charge in [0.1, 0.15) is 5.82 Å². The van der Waals surface area contributed by atoms with Crippen molar-refractivity contribution in [3.05, 3.63) is 34.1 Å². The van der Waals surface area contributed by atoms with Crippen molar-refractivity contribution in [3.63, 3.8) is 0 Å².